The van der Waals surface area contributed by atoms with Gasteiger partial charge in [0.15, 0.2) is 5.75 Å². The SMILES string of the molecule is CCCCCCOc1ccc2c(O)c(OCCCC)c(=O)n(C)c2c1. The van der Waals surface area contributed by atoms with Gasteiger partial charge in [0.1, 0.15) is 5.75 Å². The molecule has 0 aliphatic rings. The molecule has 0 aliphatic heterocycles. The molecule has 0 saturated heterocycles. The standard InChI is InChI=1S/C20H29NO4/c1-4-6-8-9-13-24-15-10-11-16-17(14-15)21(3)20(23)19(18(16)22)25-12-7-5-2/h10-11,14,22H,4-9,12-13H2,1-3H3. The first-order chi connectivity index (χ1) is 12.1. The molecule has 0 atom stereocenters. The third kappa shape index (κ3) is 4.68. The monoisotopic (exact) mass is 347 g/mol. The van der Waals surface area contributed by atoms with Crippen molar-refractivity contribution in [2.45, 2.75) is 52.4 Å². The molecule has 5 nitrogen and oxygen atoms in total. The highest BCUT2D eigenvalue weighted by molar-refractivity contribution is 5.88. The molecule has 1 heterocycles. The molecular weight excluding hydrogens is 318 g/mol. The summed E-state index contributed by atoms with van der Waals surface area (Å²) >= 11 is 0. The van der Waals surface area contributed by atoms with E-state index in [0.717, 1.165) is 25.7 Å². The summed E-state index contributed by atoms with van der Waals surface area (Å²) in [6, 6.07) is 5.40. The van der Waals surface area contributed by atoms with E-state index in [2.05, 4.69) is 6.92 Å². The van der Waals surface area contributed by atoms with Crippen LogP contribution in [0, 0.1) is 0 Å². The van der Waals surface area contributed by atoms with Gasteiger partial charge in [-0.1, -0.05) is 39.5 Å². The number of hydrogen-bond acceptors (Lipinski definition) is 4. The van der Waals surface area contributed by atoms with Gasteiger partial charge < -0.3 is 19.1 Å². The Morgan fingerprint density at radius 3 is 2.44 bits per heavy atom. The topological polar surface area (TPSA) is 60.7 Å². The Morgan fingerprint density at radius 1 is 1.00 bits per heavy atom. The van der Waals surface area contributed by atoms with Gasteiger partial charge in [-0.05, 0) is 25.0 Å². The zero-order valence-electron chi connectivity index (χ0n) is 15.5. The molecule has 0 radical (unpaired) electrons. The first-order valence-electron chi connectivity index (χ1n) is 9.21. The molecule has 1 N–H and O–H groups in total. The predicted molar refractivity (Wildman–Crippen MR) is 101 cm³/mol. The fraction of sp³-hybridized carbons (Fsp3) is 0.550. The lowest BCUT2D eigenvalue weighted by atomic mass is 10.1. The number of benzene rings is 1. The molecule has 0 fully saturated rings. The molecule has 1 aromatic carbocycles. The second-order valence-corrected chi connectivity index (χ2v) is 6.33. The minimum Gasteiger partial charge on any atom is -0.504 e. The van der Waals surface area contributed by atoms with Crippen LogP contribution in [0.2, 0.25) is 0 Å². The molecule has 1 aromatic heterocycles. The molecule has 0 amide bonds. The van der Waals surface area contributed by atoms with Crippen molar-refractivity contribution >= 4 is 10.9 Å². The Bertz CT molecular complexity index is 751. The van der Waals surface area contributed by atoms with Gasteiger partial charge in [0.05, 0.1) is 18.7 Å². The van der Waals surface area contributed by atoms with Crippen LogP contribution in [0.1, 0.15) is 52.4 Å². The minimum absolute atomic E-state index is 0.0247. The second kappa shape index (κ2) is 9.35. The van der Waals surface area contributed by atoms with Crippen LogP contribution in [-0.4, -0.2) is 22.9 Å². The highest BCUT2D eigenvalue weighted by Crippen LogP contribution is 2.33. The molecule has 2 aromatic rings. The molecule has 2 rings (SSSR count). The van der Waals surface area contributed by atoms with Gasteiger partial charge in [0.25, 0.3) is 5.56 Å². The van der Waals surface area contributed by atoms with E-state index in [-0.39, 0.29) is 17.1 Å². The van der Waals surface area contributed by atoms with Crippen molar-refractivity contribution in [1.29, 1.82) is 0 Å². The fourth-order valence-electron chi connectivity index (χ4n) is 2.73. The fourth-order valence-corrected chi connectivity index (χ4v) is 2.73. The number of unbranched alkanes of at least 4 members (excludes halogenated alkanes) is 4. The van der Waals surface area contributed by atoms with Crippen LogP contribution >= 0.6 is 0 Å². The summed E-state index contributed by atoms with van der Waals surface area (Å²) in [5, 5.41) is 11.0. The van der Waals surface area contributed by atoms with Crippen LogP contribution in [0.5, 0.6) is 17.2 Å². The Balaban J connectivity index is 2.23. The number of ether oxygens (including phenoxy) is 2. The van der Waals surface area contributed by atoms with Crippen molar-refractivity contribution in [1.82, 2.24) is 4.57 Å². The van der Waals surface area contributed by atoms with E-state index in [4.69, 9.17) is 9.47 Å². The lowest BCUT2D eigenvalue weighted by Gasteiger charge is -2.14. The molecule has 0 aliphatic carbocycles. The highest BCUT2D eigenvalue weighted by Gasteiger charge is 2.16. The zero-order chi connectivity index (χ0) is 18.2. The van der Waals surface area contributed by atoms with E-state index >= 15 is 0 Å². The quantitative estimate of drug-likeness (QED) is 0.648. The predicted octanol–water partition coefficient (Wildman–Crippen LogP) is 4.38. The average Bonchev–Trinajstić information content (AvgIpc) is 2.62. The molecule has 25 heavy (non-hydrogen) atoms. The van der Waals surface area contributed by atoms with E-state index in [1.165, 1.54) is 17.4 Å². The number of pyridine rings is 1. The van der Waals surface area contributed by atoms with Crippen LogP contribution in [0.3, 0.4) is 0 Å². The normalized spacial score (nSPS) is 11.0. The van der Waals surface area contributed by atoms with Crippen LogP contribution in [0.4, 0.5) is 0 Å². The van der Waals surface area contributed by atoms with E-state index in [9.17, 15) is 9.90 Å². The van der Waals surface area contributed by atoms with E-state index in [0.29, 0.717) is 29.9 Å². The van der Waals surface area contributed by atoms with Crippen LogP contribution < -0.4 is 15.0 Å². The Labute approximate surface area is 149 Å². The maximum atomic E-state index is 12.5. The average molecular weight is 347 g/mol. The maximum absolute atomic E-state index is 12.5. The van der Waals surface area contributed by atoms with Crippen LogP contribution in [0.25, 0.3) is 10.9 Å². The first-order valence-corrected chi connectivity index (χ1v) is 9.21. The maximum Gasteiger partial charge on any atom is 0.297 e. The summed E-state index contributed by atoms with van der Waals surface area (Å²) in [5.41, 5.74) is 0.303. The largest absolute Gasteiger partial charge is 0.504 e. The van der Waals surface area contributed by atoms with E-state index in [1.54, 1.807) is 19.2 Å². The van der Waals surface area contributed by atoms with Crippen molar-refractivity contribution in [2.24, 2.45) is 7.05 Å². The number of aromatic hydroxyl groups is 1. The lowest BCUT2D eigenvalue weighted by molar-refractivity contribution is 0.288. The second-order valence-electron chi connectivity index (χ2n) is 6.33. The number of aromatic nitrogens is 1. The Morgan fingerprint density at radius 2 is 1.72 bits per heavy atom. The van der Waals surface area contributed by atoms with Gasteiger partial charge >= 0.3 is 0 Å². The summed E-state index contributed by atoms with van der Waals surface area (Å²) < 4.78 is 12.8. The number of hydrogen-bond donors (Lipinski definition) is 1. The number of fused-ring (bicyclic) bond motifs is 1. The summed E-state index contributed by atoms with van der Waals surface area (Å²) in [7, 11) is 1.68. The molecule has 0 saturated carbocycles. The molecular formula is C20H29NO4. The zero-order valence-corrected chi connectivity index (χ0v) is 15.5. The van der Waals surface area contributed by atoms with Crippen molar-refractivity contribution in [3.63, 3.8) is 0 Å². The molecule has 0 bridgehead atoms. The summed E-state index contributed by atoms with van der Waals surface area (Å²) in [5.74, 6) is 0.637. The third-order valence-electron chi connectivity index (χ3n) is 4.31. The van der Waals surface area contributed by atoms with Gasteiger partial charge in [-0.15, -0.1) is 0 Å². The smallest absolute Gasteiger partial charge is 0.297 e. The van der Waals surface area contributed by atoms with Crippen molar-refractivity contribution in [3.8, 4) is 17.2 Å². The van der Waals surface area contributed by atoms with Gasteiger partial charge in [-0.2, -0.15) is 0 Å². The number of aryl methyl sites for hydroxylation is 1. The van der Waals surface area contributed by atoms with E-state index < -0.39 is 0 Å². The summed E-state index contributed by atoms with van der Waals surface area (Å²) in [4.78, 5) is 12.5. The number of nitrogens with zero attached hydrogens (tertiary/aromatic N) is 1. The minimum atomic E-state index is -0.332. The Hall–Kier alpha value is -2.17. The first kappa shape index (κ1) is 19.2. The van der Waals surface area contributed by atoms with Crippen molar-refractivity contribution < 1.29 is 14.6 Å². The van der Waals surface area contributed by atoms with E-state index in [1.807, 2.05) is 13.0 Å². The molecule has 0 unspecified atom stereocenters. The summed E-state index contributed by atoms with van der Waals surface area (Å²) in [6.45, 7) is 5.30. The lowest BCUT2D eigenvalue weighted by Crippen LogP contribution is -2.20. The van der Waals surface area contributed by atoms with Gasteiger partial charge in [-0.25, -0.2) is 0 Å². The van der Waals surface area contributed by atoms with Gasteiger partial charge in [0, 0.05) is 18.5 Å². The van der Waals surface area contributed by atoms with Gasteiger partial charge in [0.2, 0.25) is 5.75 Å². The molecule has 0 spiro atoms. The molecule has 5 heteroatoms. The van der Waals surface area contributed by atoms with Gasteiger partial charge in [-0.3, -0.25) is 4.79 Å². The molecule has 138 valence electrons. The number of rotatable bonds is 10. The van der Waals surface area contributed by atoms with Crippen molar-refractivity contribution in [3.05, 3.63) is 28.6 Å². The summed E-state index contributed by atoms with van der Waals surface area (Å²) in [6.07, 6.45) is 6.38. The van der Waals surface area contributed by atoms with Crippen molar-refractivity contribution in [2.75, 3.05) is 13.2 Å². The van der Waals surface area contributed by atoms with Crippen LogP contribution in [0.15, 0.2) is 23.0 Å². The highest BCUT2D eigenvalue weighted by atomic mass is 16.5. The Kier molecular flexibility index (Phi) is 7.16. The third-order valence-corrected chi connectivity index (χ3v) is 4.31. The van der Waals surface area contributed by atoms with Crippen LogP contribution in [-0.2, 0) is 7.05 Å².